The molecule has 0 bridgehead atoms. The number of aromatic hydroxyl groups is 2. The Hall–Kier alpha value is -2.16. The van der Waals surface area contributed by atoms with Crippen LogP contribution >= 0.6 is 0 Å². The molecule has 0 amide bonds. The van der Waals surface area contributed by atoms with Crippen LogP contribution in [-0.2, 0) is 0 Å². The number of benzene rings is 1. The van der Waals surface area contributed by atoms with Gasteiger partial charge in [-0.2, -0.15) is 0 Å². The van der Waals surface area contributed by atoms with Gasteiger partial charge in [0.05, 0.1) is 35.9 Å². The average molecular weight is 338 g/mol. The van der Waals surface area contributed by atoms with Gasteiger partial charge >= 0.3 is 0 Å². The SMILES string of the molecule is COc1cc(O)c2c(c1O)C(=O)[C@H]1C[C@](C)(O)[C@H](O)[C@@H](O)[C@@H]1C2=O. The summed E-state index contributed by atoms with van der Waals surface area (Å²) in [7, 11) is 1.23. The zero-order chi connectivity index (χ0) is 18.0. The number of carbonyl (C=O) groups is 2. The van der Waals surface area contributed by atoms with Gasteiger partial charge in [-0.05, 0) is 13.3 Å². The lowest BCUT2D eigenvalue weighted by molar-refractivity contribution is -0.164. The fraction of sp³-hybridized carbons (Fsp3) is 0.500. The lowest BCUT2D eigenvalue weighted by Gasteiger charge is -2.46. The van der Waals surface area contributed by atoms with Crippen molar-refractivity contribution in [1.29, 1.82) is 0 Å². The van der Waals surface area contributed by atoms with Crippen LogP contribution in [0.4, 0.5) is 0 Å². The number of Topliss-reactive ketones (excluding diaryl/α,β-unsaturated/α-hetero) is 2. The second-order valence-electron chi connectivity index (χ2n) is 6.55. The molecule has 130 valence electrons. The van der Waals surface area contributed by atoms with Crippen molar-refractivity contribution in [1.82, 2.24) is 0 Å². The van der Waals surface area contributed by atoms with Crippen LogP contribution in [0.25, 0.3) is 0 Å². The number of rotatable bonds is 1. The van der Waals surface area contributed by atoms with Crippen molar-refractivity contribution in [3.05, 3.63) is 17.2 Å². The fourth-order valence-corrected chi connectivity index (χ4v) is 3.72. The number of phenols is 2. The second kappa shape index (κ2) is 5.17. The first-order chi connectivity index (χ1) is 11.1. The summed E-state index contributed by atoms with van der Waals surface area (Å²) in [6, 6.07) is 1.00. The molecular formula is C16H18O8. The summed E-state index contributed by atoms with van der Waals surface area (Å²) in [4.78, 5) is 25.5. The van der Waals surface area contributed by atoms with Crippen LogP contribution in [-0.4, -0.2) is 62.0 Å². The zero-order valence-electron chi connectivity index (χ0n) is 13.1. The minimum atomic E-state index is -1.77. The van der Waals surface area contributed by atoms with E-state index in [0.717, 1.165) is 6.07 Å². The van der Waals surface area contributed by atoms with Crippen molar-refractivity contribution < 1.29 is 39.9 Å². The first-order valence-electron chi connectivity index (χ1n) is 7.41. The molecule has 5 N–H and O–H groups in total. The number of aliphatic hydroxyl groups excluding tert-OH is 2. The molecule has 3 rings (SSSR count). The highest BCUT2D eigenvalue weighted by molar-refractivity contribution is 6.19. The molecule has 0 radical (unpaired) electrons. The van der Waals surface area contributed by atoms with Gasteiger partial charge in [-0.1, -0.05) is 0 Å². The quantitative estimate of drug-likeness (QED) is 0.435. The lowest BCUT2D eigenvalue weighted by atomic mass is 9.61. The number of phenolic OH excluding ortho intramolecular Hbond substituents is 2. The number of hydrogen-bond donors (Lipinski definition) is 5. The summed E-state index contributed by atoms with van der Waals surface area (Å²) < 4.78 is 4.88. The van der Waals surface area contributed by atoms with E-state index in [1.54, 1.807) is 0 Å². The first kappa shape index (κ1) is 16.7. The number of aliphatic hydroxyl groups is 3. The predicted molar refractivity (Wildman–Crippen MR) is 79.2 cm³/mol. The normalized spacial score (nSPS) is 35.4. The number of ether oxygens (including phenoxy) is 1. The van der Waals surface area contributed by atoms with Gasteiger partial charge in [-0.15, -0.1) is 0 Å². The first-order valence-corrected chi connectivity index (χ1v) is 7.41. The van der Waals surface area contributed by atoms with E-state index in [0.29, 0.717) is 0 Å². The van der Waals surface area contributed by atoms with Crippen LogP contribution in [0.15, 0.2) is 6.07 Å². The molecule has 1 fully saturated rings. The van der Waals surface area contributed by atoms with Gasteiger partial charge in [0.25, 0.3) is 0 Å². The van der Waals surface area contributed by atoms with E-state index in [1.165, 1.54) is 14.0 Å². The zero-order valence-corrected chi connectivity index (χ0v) is 13.1. The predicted octanol–water partition coefficient (Wildman–Crippen LogP) is -0.406. The Bertz CT molecular complexity index is 738. The molecule has 2 aliphatic carbocycles. The molecule has 0 heterocycles. The Morgan fingerprint density at radius 2 is 1.79 bits per heavy atom. The van der Waals surface area contributed by atoms with E-state index in [4.69, 9.17) is 4.74 Å². The third kappa shape index (κ3) is 2.03. The fourth-order valence-electron chi connectivity index (χ4n) is 3.72. The van der Waals surface area contributed by atoms with Crippen molar-refractivity contribution >= 4 is 11.6 Å². The number of ketones is 2. The molecule has 0 spiro atoms. The number of methoxy groups -OCH3 is 1. The molecular weight excluding hydrogens is 320 g/mol. The Morgan fingerprint density at radius 1 is 1.17 bits per heavy atom. The summed E-state index contributed by atoms with van der Waals surface area (Å²) >= 11 is 0. The maximum Gasteiger partial charge on any atom is 0.173 e. The van der Waals surface area contributed by atoms with Crippen molar-refractivity contribution in [2.75, 3.05) is 7.11 Å². The average Bonchev–Trinajstić information content (AvgIpc) is 2.51. The third-order valence-corrected chi connectivity index (χ3v) is 4.99. The Labute approximate surface area is 136 Å². The maximum absolute atomic E-state index is 12.8. The highest BCUT2D eigenvalue weighted by atomic mass is 16.5. The molecule has 0 saturated heterocycles. The van der Waals surface area contributed by atoms with Crippen LogP contribution in [0, 0.1) is 11.8 Å². The summed E-state index contributed by atoms with van der Waals surface area (Å²) in [5, 5.41) is 50.7. The van der Waals surface area contributed by atoms with E-state index in [9.17, 15) is 35.1 Å². The van der Waals surface area contributed by atoms with Gasteiger partial charge in [-0.25, -0.2) is 0 Å². The van der Waals surface area contributed by atoms with Gasteiger partial charge < -0.3 is 30.3 Å². The molecule has 1 aromatic carbocycles. The summed E-state index contributed by atoms with van der Waals surface area (Å²) in [5.74, 6) is -5.22. The standard InChI is InChI=1S/C16H18O8/c1-16(23)4-5-8(14(21)15(16)22)13(20)9-6(17)3-7(24-2)12(19)10(9)11(5)18/h3,5,8,14-15,17,19,21-23H,4H2,1-2H3/t5-,8-,14-,15+,16-/m0/s1. The van der Waals surface area contributed by atoms with Gasteiger partial charge in [-0.3, -0.25) is 9.59 Å². The molecule has 24 heavy (non-hydrogen) atoms. The Kier molecular flexibility index (Phi) is 3.59. The molecule has 0 aliphatic heterocycles. The molecule has 8 heteroatoms. The second-order valence-corrected chi connectivity index (χ2v) is 6.55. The summed E-state index contributed by atoms with van der Waals surface area (Å²) in [5.41, 5.74) is -2.57. The largest absolute Gasteiger partial charge is 0.507 e. The van der Waals surface area contributed by atoms with Crippen LogP contribution in [0.5, 0.6) is 17.2 Å². The molecule has 8 nitrogen and oxygen atoms in total. The Morgan fingerprint density at radius 3 is 2.38 bits per heavy atom. The number of carbonyl (C=O) groups excluding carboxylic acids is 2. The topological polar surface area (TPSA) is 145 Å². The number of hydrogen-bond acceptors (Lipinski definition) is 8. The van der Waals surface area contributed by atoms with Crippen molar-refractivity contribution in [3.63, 3.8) is 0 Å². The molecule has 0 aromatic heterocycles. The van der Waals surface area contributed by atoms with Crippen LogP contribution in [0.1, 0.15) is 34.1 Å². The molecule has 1 saturated carbocycles. The highest BCUT2D eigenvalue weighted by Gasteiger charge is 2.57. The maximum atomic E-state index is 12.8. The Balaban J connectivity index is 2.23. The van der Waals surface area contributed by atoms with E-state index in [-0.39, 0.29) is 12.2 Å². The van der Waals surface area contributed by atoms with Gasteiger partial charge in [0.15, 0.2) is 23.1 Å². The van der Waals surface area contributed by atoms with E-state index >= 15 is 0 Å². The van der Waals surface area contributed by atoms with Crippen LogP contribution in [0.3, 0.4) is 0 Å². The van der Waals surface area contributed by atoms with E-state index < -0.39 is 63.8 Å². The van der Waals surface area contributed by atoms with Crippen LogP contribution < -0.4 is 4.74 Å². The van der Waals surface area contributed by atoms with E-state index in [2.05, 4.69) is 0 Å². The molecule has 5 atom stereocenters. The molecule has 1 aromatic rings. The molecule has 2 aliphatic rings. The van der Waals surface area contributed by atoms with Crippen LogP contribution in [0.2, 0.25) is 0 Å². The third-order valence-electron chi connectivity index (χ3n) is 4.99. The van der Waals surface area contributed by atoms with Crippen molar-refractivity contribution in [3.8, 4) is 17.2 Å². The minimum Gasteiger partial charge on any atom is -0.507 e. The number of fused-ring (bicyclic) bond motifs is 2. The van der Waals surface area contributed by atoms with Gasteiger partial charge in [0.1, 0.15) is 11.9 Å². The van der Waals surface area contributed by atoms with Crippen molar-refractivity contribution in [2.24, 2.45) is 11.8 Å². The van der Waals surface area contributed by atoms with Gasteiger partial charge in [0.2, 0.25) is 0 Å². The van der Waals surface area contributed by atoms with Crippen molar-refractivity contribution in [2.45, 2.75) is 31.2 Å². The monoisotopic (exact) mass is 338 g/mol. The lowest BCUT2D eigenvalue weighted by Crippen LogP contribution is -2.61. The van der Waals surface area contributed by atoms with E-state index in [1.807, 2.05) is 0 Å². The summed E-state index contributed by atoms with van der Waals surface area (Å²) in [6.07, 6.45) is -3.56. The minimum absolute atomic E-state index is 0.172. The summed E-state index contributed by atoms with van der Waals surface area (Å²) in [6.45, 7) is 1.26. The highest BCUT2D eigenvalue weighted by Crippen LogP contribution is 2.49. The molecule has 0 unspecified atom stereocenters. The van der Waals surface area contributed by atoms with Gasteiger partial charge in [0, 0.05) is 12.0 Å². The smallest absolute Gasteiger partial charge is 0.173 e.